The van der Waals surface area contributed by atoms with Crippen LogP contribution in [0.25, 0.3) is 33.1 Å². The molecule has 0 bridgehead atoms. The normalized spacial score (nSPS) is 12.1. The van der Waals surface area contributed by atoms with E-state index in [0.717, 1.165) is 11.2 Å². The van der Waals surface area contributed by atoms with E-state index in [9.17, 15) is 0 Å². The zero-order valence-electron chi connectivity index (χ0n) is 13.8. The molecule has 1 heterocycles. The highest BCUT2D eigenvalue weighted by Crippen LogP contribution is 2.39. The smallest absolute Gasteiger partial charge is 0.136 e. The van der Waals surface area contributed by atoms with Gasteiger partial charge >= 0.3 is 0 Å². The van der Waals surface area contributed by atoms with Gasteiger partial charge in [-0.3, -0.25) is 0 Å². The van der Waals surface area contributed by atoms with Gasteiger partial charge in [-0.25, -0.2) is 0 Å². The first-order valence-corrected chi connectivity index (χ1v) is 8.05. The van der Waals surface area contributed by atoms with Crippen LogP contribution >= 0.6 is 0 Å². The van der Waals surface area contributed by atoms with Crippen molar-refractivity contribution in [2.75, 3.05) is 0 Å². The Morgan fingerprint density at radius 1 is 0.739 bits per heavy atom. The first-order valence-electron chi connectivity index (χ1n) is 8.05. The maximum atomic E-state index is 6.15. The number of rotatable bonds is 1. The van der Waals surface area contributed by atoms with Crippen LogP contribution in [0.2, 0.25) is 0 Å². The molecule has 0 aliphatic carbocycles. The molecular formula is C22H20O. The molecule has 0 saturated heterocycles. The zero-order valence-corrected chi connectivity index (χ0v) is 13.8. The van der Waals surface area contributed by atoms with Crippen molar-refractivity contribution in [1.29, 1.82) is 0 Å². The molecule has 3 aromatic carbocycles. The molecule has 0 aliphatic rings. The number of furan rings is 1. The Labute approximate surface area is 136 Å². The zero-order chi connectivity index (χ0) is 16.0. The lowest BCUT2D eigenvalue weighted by Crippen LogP contribution is -2.10. The molecule has 0 saturated carbocycles. The van der Waals surface area contributed by atoms with Crippen molar-refractivity contribution >= 4 is 21.9 Å². The monoisotopic (exact) mass is 300 g/mol. The van der Waals surface area contributed by atoms with Crippen molar-refractivity contribution in [2.45, 2.75) is 26.2 Å². The molecule has 4 rings (SSSR count). The highest BCUT2D eigenvalue weighted by Gasteiger charge is 2.19. The first-order chi connectivity index (χ1) is 11.0. The van der Waals surface area contributed by atoms with Gasteiger partial charge < -0.3 is 4.42 Å². The SMILES string of the molecule is CC(C)(C)c1cc(-c2ccccc2)c2c(c1)oc1ccccc12. The topological polar surface area (TPSA) is 13.1 Å². The molecule has 114 valence electrons. The molecule has 0 N–H and O–H groups in total. The van der Waals surface area contributed by atoms with Gasteiger partial charge in [-0.05, 0) is 40.3 Å². The molecule has 23 heavy (non-hydrogen) atoms. The molecule has 1 nitrogen and oxygen atoms in total. The van der Waals surface area contributed by atoms with Crippen LogP contribution in [-0.2, 0) is 5.41 Å². The van der Waals surface area contributed by atoms with E-state index in [2.05, 4.69) is 75.4 Å². The maximum absolute atomic E-state index is 6.15. The van der Waals surface area contributed by atoms with Crippen LogP contribution < -0.4 is 0 Å². The maximum Gasteiger partial charge on any atom is 0.136 e. The van der Waals surface area contributed by atoms with E-state index in [1.807, 2.05) is 12.1 Å². The third-order valence-electron chi connectivity index (χ3n) is 4.43. The highest BCUT2D eigenvalue weighted by atomic mass is 16.3. The Hall–Kier alpha value is -2.54. The molecule has 0 amide bonds. The van der Waals surface area contributed by atoms with Crippen molar-refractivity contribution in [3.05, 3.63) is 72.3 Å². The van der Waals surface area contributed by atoms with Gasteiger partial charge in [0.15, 0.2) is 0 Å². The lowest BCUT2D eigenvalue weighted by Gasteiger charge is -2.20. The number of fused-ring (bicyclic) bond motifs is 3. The van der Waals surface area contributed by atoms with E-state index >= 15 is 0 Å². The third-order valence-corrected chi connectivity index (χ3v) is 4.43. The standard InChI is InChI=1S/C22H20O/c1-22(2,3)16-13-18(15-9-5-4-6-10-15)21-17-11-7-8-12-19(17)23-20(21)14-16/h4-14H,1-3H3. The summed E-state index contributed by atoms with van der Waals surface area (Å²) in [5.41, 5.74) is 5.77. The van der Waals surface area contributed by atoms with Crippen molar-refractivity contribution in [3.63, 3.8) is 0 Å². The average Bonchev–Trinajstić information content (AvgIpc) is 2.92. The van der Waals surface area contributed by atoms with Crippen LogP contribution in [0.5, 0.6) is 0 Å². The van der Waals surface area contributed by atoms with Crippen LogP contribution in [0.4, 0.5) is 0 Å². The quantitative estimate of drug-likeness (QED) is 0.388. The largest absolute Gasteiger partial charge is 0.456 e. The van der Waals surface area contributed by atoms with Gasteiger partial charge in [-0.1, -0.05) is 69.3 Å². The predicted molar refractivity (Wildman–Crippen MR) is 97.9 cm³/mol. The number of para-hydroxylation sites is 1. The summed E-state index contributed by atoms with van der Waals surface area (Å²) in [6.45, 7) is 6.72. The van der Waals surface area contributed by atoms with Crippen molar-refractivity contribution in [3.8, 4) is 11.1 Å². The van der Waals surface area contributed by atoms with Crippen LogP contribution in [0.3, 0.4) is 0 Å². The van der Waals surface area contributed by atoms with Crippen molar-refractivity contribution in [1.82, 2.24) is 0 Å². The summed E-state index contributed by atoms with van der Waals surface area (Å²) in [5.74, 6) is 0. The van der Waals surface area contributed by atoms with E-state index < -0.39 is 0 Å². The lowest BCUT2D eigenvalue weighted by atomic mass is 9.84. The summed E-state index contributed by atoms with van der Waals surface area (Å²) in [5, 5.41) is 2.39. The summed E-state index contributed by atoms with van der Waals surface area (Å²) in [7, 11) is 0. The van der Waals surface area contributed by atoms with Crippen molar-refractivity contribution < 1.29 is 4.42 Å². The first kappa shape index (κ1) is 14.1. The molecule has 0 radical (unpaired) electrons. The summed E-state index contributed by atoms with van der Waals surface area (Å²) in [4.78, 5) is 0. The van der Waals surface area contributed by atoms with Crippen LogP contribution in [0.1, 0.15) is 26.3 Å². The van der Waals surface area contributed by atoms with E-state index in [4.69, 9.17) is 4.42 Å². The molecule has 0 atom stereocenters. The van der Waals surface area contributed by atoms with Gasteiger partial charge in [0.25, 0.3) is 0 Å². The summed E-state index contributed by atoms with van der Waals surface area (Å²) in [6, 6.07) is 23.4. The van der Waals surface area contributed by atoms with Gasteiger partial charge in [-0.2, -0.15) is 0 Å². The second-order valence-electron chi connectivity index (χ2n) is 7.11. The molecular weight excluding hydrogens is 280 g/mol. The molecule has 0 fully saturated rings. The van der Waals surface area contributed by atoms with Crippen molar-refractivity contribution in [2.24, 2.45) is 0 Å². The second kappa shape index (κ2) is 4.99. The predicted octanol–water partition coefficient (Wildman–Crippen LogP) is 6.55. The Kier molecular flexibility index (Phi) is 3.05. The number of hydrogen-bond donors (Lipinski definition) is 0. The summed E-state index contributed by atoms with van der Waals surface area (Å²) < 4.78 is 6.15. The summed E-state index contributed by atoms with van der Waals surface area (Å²) >= 11 is 0. The minimum atomic E-state index is 0.0801. The number of hydrogen-bond acceptors (Lipinski definition) is 1. The highest BCUT2D eigenvalue weighted by molar-refractivity contribution is 6.12. The van der Waals surface area contributed by atoms with Gasteiger partial charge in [0.2, 0.25) is 0 Å². The van der Waals surface area contributed by atoms with E-state index in [0.29, 0.717) is 0 Å². The third kappa shape index (κ3) is 2.33. The number of benzene rings is 3. The average molecular weight is 300 g/mol. The van der Waals surface area contributed by atoms with Gasteiger partial charge in [-0.15, -0.1) is 0 Å². The van der Waals surface area contributed by atoms with E-state index in [1.54, 1.807) is 0 Å². The van der Waals surface area contributed by atoms with E-state index in [1.165, 1.54) is 27.5 Å². The Morgan fingerprint density at radius 3 is 2.17 bits per heavy atom. The lowest BCUT2D eigenvalue weighted by molar-refractivity contribution is 0.588. The van der Waals surface area contributed by atoms with Crippen LogP contribution in [0, 0.1) is 0 Å². The minimum Gasteiger partial charge on any atom is -0.456 e. The Morgan fingerprint density at radius 2 is 1.43 bits per heavy atom. The van der Waals surface area contributed by atoms with Crippen LogP contribution in [0.15, 0.2) is 71.1 Å². The molecule has 1 aromatic heterocycles. The second-order valence-corrected chi connectivity index (χ2v) is 7.11. The fourth-order valence-corrected chi connectivity index (χ4v) is 3.13. The molecule has 0 unspecified atom stereocenters. The fraction of sp³-hybridized carbons (Fsp3) is 0.182. The Bertz CT molecular complexity index is 985. The molecule has 0 aliphatic heterocycles. The molecule has 4 aromatic rings. The summed E-state index contributed by atoms with van der Waals surface area (Å²) in [6.07, 6.45) is 0. The minimum absolute atomic E-state index is 0.0801. The molecule has 1 heteroatoms. The molecule has 0 spiro atoms. The fourth-order valence-electron chi connectivity index (χ4n) is 3.13. The van der Waals surface area contributed by atoms with Gasteiger partial charge in [0.05, 0.1) is 0 Å². The Balaban J connectivity index is 2.16. The van der Waals surface area contributed by atoms with Gasteiger partial charge in [0, 0.05) is 10.8 Å². The van der Waals surface area contributed by atoms with Crippen LogP contribution in [-0.4, -0.2) is 0 Å². The van der Waals surface area contributed by atoms with E-state index in [-0.39, 0.29) is 5.41 Å². The van der Waals surface area contributed by atoms with Gasteiger partial charge in [0.1, 0.15) is 11.2 Å².